The van der Waals surface area contributed by atoms with Gasteiger partial charge >= 0.3 is 45.6 Å². The third-order valence-electron chi connectivity index (χ3n) is 0. The number of hydrogen-bond donors (Lipinski definition) is 1. The molecular formula is H7GaInNO2. The molecular weight excluding hydrogens is 231 g/mol. The van der Waals surface area contributed by atoms with Gasteiger partial charge < -0.3 is 5.21 Å². The molecule has 0 aromatic rings. The zero-order valence-corrected chi connectivity index (χ0v) is 1.30. The quantitative estimate of drug-likeness (QED) is 0.295. The van der Waals surface area contributed by atoms with Gasteiger partial charge in [0.2, 0.25) is 0 Å². The van der Waals surface area contributed by atoms with Crippen LogP contribution in [0.2, 0.25) is 0 Å². The summed E-state index contributed by atoms with van der Waals surface area (Å²) in [6, 6.07) is 0. The molecule has 1 N–H and O–H groups in total. The zero-order chi connectivity index (χ0) is 2.71. The first-order chi connectivity index (χ1) is 1.41. The molecule has 0 aromatic carbocycles. The first-order valence-electron chi connectivity index (χ1n) is 0.383. The van der Waals surface area contributed by atoms with E-state index in [4.69, 9.17) is 10.1 Å². The van der Waals surface area contributed by atoms with Crippen LogP contribution in [0.5, 0.6) is 0 Å². The molecule has 0 unspecified atom stereocenters. The van der Waals surface area contributed by atoms with E-state index in [-0.39, 0.29) is 45.6 Å². The van der Waals surface area contributed by atoms with Gasteiger partial charge in [-0.1, -0.05) is 0 Å². The van der Waals surface area contributed by atoms with Crippen LogP contribution in [0.15, 0.2) is 5.34 Å². The van der Waals surface area contributed by atoms with Crippen molar-refractivity contribution >= 4 is 45.6 Å². The fourth-order valence-electron chi connectivity index (χ4n) is 0. The summed E-state index contributed by atoms with van der Waals surface area (Å²) < 4.78 is 0. The summed E-state index contributed by atoms with van der Waals surface area (Å²) >= 11 is 0. The van der Waals surface area contributed by atoms with Gasteiger partial charge in [0.25, 0.3) is 0 Å². The van der Waals surface area contributed by atoms with Crippen LogP contribution < -0.4 is 0 Å². The van der Waals surface area contributed by atoms with Crippen LogP contribution in [-0.2, 0) is 0 Å². The Morgan fingerprint density at radius 2 is 1.60 bits per heavy atom. The maximum atomic E-state index is 8.11. The van der Waals surface area contributed by atoms with Crippen molar-refractivity contribution in [3.8, 4) is 0 Å². The molecule has 0 spiro atoms. The predicted molar refractivity (Wildman–Crippen MR) is 27.5 cm³/mol. The van der Waals surface area contributed by atoms with E-state index in [9.17, 15) is 0 Å². The van der Waals surface area contributed by atoms with Crippen molar-refractivity contribution in [2.45, 2.75) is 0 Å². The standard InChI is InChI=1S/Ga.In.HNO2.6H/c;;2-1-3;;;;;;/h;;(H,2,3);;;;;;. The third-order valence-corrected chi connectivity index (χ3v) is 0. The second kappa shape index (κ2) is 20.6. The molecule has 30 valence electrons. The summed E-state index contributed by atoms with van der Waals surface area (Å²) in [4.78, 5) is 8.11. The van der Waals surface area contributed by atoms with Gasteiger partial charge in [-0.05, 0) is 0 Å². The fraction of sp³-hybridized carbons (Fsp3) is 0. The van der Waals surface area contributed by atoms with E-state index >= 15 is 0 Å². The molecule has 0 aliphatic carbocycles. The topological polar surface area (TPSA) is 49.7 Å². The van der Waals surface area contributed by atoms with Crippen molar-refractivity contribution in [2.75, 3.05) is 0 Å². The van der Waals surface area contributed by atoms with Crippen molar-refractivity contribution in [3.63, 3.8) is 0 Å². The molecule has 0 radical (unpaired) electrons. The van der Waals surface area contributed by atoms with Crippen molar-refractivity contribution in [1.29, 1.82) is 0 Å². The summed E-state index contributed by atoms with van der Waals surface area (Å²) in [7, 11) is 0. The Labute approximate surface area is 60.9 Å². The van der Waals surface area contributed by atoms with Crippen LogP contribution in [0.1, 0.15) is 0 Å². The van der Waals surface area contributed by atoms with Gasteiger partial charge in [0.05, 0.1) is 0 Å². The maximum absolute atomic E-state index is 8.11. The molecule has 0 saturated carbocycles. The Bertz CT molecular complexity index is 17.1. The van der Waals surface area contributed by atoms with E-state index in [0.29, 0.717) is 0 Å². The van der Waals surface area contributed by atoms with Crippen LogP contribution in [-0.4, -0.2) is 50.8 Å². The van der Waals surface area contributed by atoms with Crippen LogP contribution >= 0.6 is 0 Å². The van der Waals surface area contributed by atoms with Gasteiger partial charge in [-0.15, -0.1) is 4.91 Å². The molecule has 0 aliphatic heterocycles. The molecule has 5 heteroatoms. The predicted octanol–water partition coefficient (Wildman–Crippen LogP) is -2.23. The van der Waals surface area contributed by atoms with Gasteiger partial charge in [0, 0.05) is 0 Å². The first kappa shape index (κ1) is 16.8. The van der Waals surface area contributed by atoms with Crippen LogP contribution in [0.4, 0.5) is 0 Å². The average molecular weight is 238 g/mol. The van der Waals surface area contributed by atoms with Crippen LogP contribution in [0.25, 0.3) is 0 Å². The van der Waals surface area contributed by atoms with Gasteiger partial charge in [-0.25, -0.2) is 0 Å². The summed E-state index contributed by atoms with van der Waals surface area (Å²) in [6.45, 7) is 0. The van der Waals surface area contributed by atoms with Gasteiger partial charge in [-0.3, -0.25) is 0 Å². The molecule has 0 rings (SSSR count). The number of hydrogen-bond acceptors (Lipinski definition) is 2. The molecule has 0 bridgehead atoms. The first-order valence-corrected chi connectivity index (χ1v) is 0.383. The molecule has 0 heterocycles. The van der Waals surface area contributed by atoms with Crippen molar-refractivity contribution < 1.29 is 5.21 Å². The summed E-state index contributed by atoms with van der Waals surface area (Å²) in [5.74, 6) is 0. The van der Waals surface area contributed by atoms with Gasteiger partial charge in [0.1, 0.15) is 0 Å². The fourth-order valence-corrected chi connectivity index (χ4v) is 0. The monoisotopic (exact) mass is 237 g/mol. The van der Waals surface area contributed by atoms with E-state index < -0.39 is 0 Å². The second-order valence-electron chi connectivity index (χ2n) is 0.0816. The summed E-state index contributed by atoms with van der Waals surface area (Å²) in [5.41, 5.74) is 0. The number of nitrogens with zero attached hydrogens (tertiary/aromatic N) is 1. The van der Waals surface area contributed by atoms with E-state index in [0.717, 1.165) is 0 Å². The molecule has 0 aromatic heterocycles. The summed E-state index contributed by atoms with van der Waals surface area (Å²) in [5, 5.41) is 7.89. The minimum absolute atomic E-state index is 0. The van der Waals surface area contributed by atoms with E-state index in [2.05, 4.69) is 0 Å². The van der Waals surface area contributed by atoms with Crippen molar-refractivity contribution in [1.82, 2.24) is 0 Å². The summed E-state index contributed by atoms with van der Waals surface area (Å²) in [6.07, 6.45) is 0. The third kappa shape index (κ3) is 50.4. The molecule has 0 fully saturated rings. The molecule has 5 heavy (non-hydrogen) atoms. The molecule has 0 amide bonds. The Balaban J connectivity index is -0.0000000200. The van der Waals surface area contributed by atoms with Crippen molar-refractivity contribution in [3.05, 3.63) is 4.91 Å². The van der Waals surface area contributed by atoms with E-state index in [1.807, 2.05) is 0 Å². The normalized spacial score (nSPS) is 2.40. The molecule has 0 atom stereocenters. The number of rotatable bonds is 0. The van der Waals surface area contributed by atoms with Crippen LogP contribution in [0.3, 0.4) is 0 Å². The van der Waals surface area contributed by atoms with Crippen LogP contribution in [0, 0.1) is 4.91 Å². The Hall–Kier alpha value is 0.906. The second-order valence-corrected chi connectivity index (χ2v) is 0.0816. The van der Waals surface area contributed by atoms with Gasteiger partial charge in [0.15, 0.2) is 5.34 Å². The van der Waals surface area contributed by atoms with E-state index in [1.54, 1.807) is 0 Å². The molecule has 0 saturated heterocycles. The average Bonchev–Trinajstić information content (AvgIpc) is 0.918. The van der Waals surface area contributed by atoms with Gasteiger partial charge in [-0.2, -0.15) is 0 Å². The molecule has 3 nitrogen and oxygen atoms in total. The van der Waals surface area contributed by atoms with Crippen molar-refractivity contribution in [2.24, 2.45) is 5.34 Å². The minimum atomic E-state index is 0. The Morgan fingerprint density at radius 1 is 1.60 bits per heavy atom. The zero-order valence-electron chi connectivity index (χ0n) is 1.30. The Kier molecular flexibility index (Phi) is 69.3. The SMILES string of the molecule is O=NO.[GaH3].[InH3]. The Morgan fingerprint density at radius 3 is 1.60 bits per heavy atom. The molecule has 0 aliphatic rings. The van der Waals surface area contributed by atoms with E-state index in [1.165, 1.54) is 5.34 Å².